The van der Waals surface area contributed by atoms with E-state index in [1.165, 1.54) is 25.7 Å². The standard InChI is InChI=1S/C31H57O8P/c1-3-5-7-9-11-13-15-17-19-21-23-25-30(32)37-27-29(28-38-40(34,35)36)39-31(33)26-24-22-20-18-16-14-12-10-8-6-4-2/h9-12,29H,3-8,13-28H2,1-2H3,(H2,34,35,36)/b11-9-,12-10-. The molecule has 0 spiro atoms. The molecule has 8 nitrogen and oxygen atoms in total. The molecule has 0 aliphatic rings. The minimum atomic E-state index is -4.74. The molecule has 0 aromatic heterocycles. The number of carbonyl (C=O) groups excluding carboxylic acids is 2. The van der Waals surface area contributed by atoms with Crippen molar-refractivity contribution in [2.24, 2.45) is 0 Å². The molecule has 40 heavy (non-hydrogen) atoms. The highest BCUT2D eigenvalue weighted by molar-refractivity contribution is 7.46. The zero-order valence-electron chi connectivity index (χ0n) is 25.2. The summed E-state index contributed by atoms with van der Waals surface area (Å²) in [6.07, 6.45) is 27.6. The second-order valence-corrected chi connectivity index (χ2v) is 11.7. The summed E-state index contributed by atoms with van der Waals surface area (Å²) in [5, 5.41) is 0. The first-order chi connectivity index (χ1) is 19.3. The Morgan fingerprint density at radius 2 is 1.05 bits per heavy atom. The van der Waals surface area contributed by atoms with Gasteiger partial charge in [0.25, 0.3) is 0 Å². The number of allylic oxidation sites excluding steroid dienone is 4. The maximum absolute atomic E-state index is 12.2. The fourth-order valence-corrected chi connectivity index (χ4v) is 4.40. The van der Waals surface area contributed by atoms with Gasteiger partial charge in [-0.3, -0.25) is 14.1 Å². The van der Waals surface area contributed by atoms with Crippen LogP contribution >= 0.6 is 7.82 Å². The molecule has 0 amide bonds. The summed E-state index contributed by atoms with van der Waals surface area (Å²) >= 11 is 0. The van der Waals surface area contributed by atoms with Crippen molar-refractivity contribution in [2.75, 3.05) is 13.2 Å². The summed E-state index contributed by atoms with van der Waals surface area (Å²) in [6, 6.07) is 0. The van der Waals surface area contributed by atoms with Gasteiger partial charge in [-0.25, -0.2) is 4.57 Å². The van der Waals surface area contributed by atoms with Crippen molar-refractivity contribution in [3.63, 3.8) is 0 Å². The van der Waals surface area contributed by atoms with Crippen LogP contribution in [0, 0.1) is 0 Å². The van der Waals surface area contributed by atoms with E-state index in [9.17, 15) is 14.2 Å². The number of rotatable bonds is 28. The molecule has 0 saturated carbocycles. The van der Waals surface area contributed by atoms with E-state index < -0.39 is 32.5 Å². The van der Waals surface area contributed by atoms with E-state index in [4.69, 9.17) is 19.3 Å². The van der Waals surface area contributed by atoms with Crippen molar-refractivity contribution in [3.05, 3.63) is 24.3 Å². The second-order valence-electron chi connectivity index (χ2n) is 10.4. The number of phosphoric ester groups is 1. The van der Waals surface area contributed by atoms with Crippen molar-refractivity contribution in [1.82, 2.24) is 0 Å². The van der Waals surface area contributed by atoms with Crippen molar-refractivity contribution in [2.45, 2.75) is 148 Å². The van der Waals surface area contributed by atoms with Gasteiger partial charge in [-0.05, 0) is 51.4 Å². The van der Waals surface area contributed by atoms with Gasteiger partial charge in [0.1, 0.15) is 6.61 Å². The Morgan fingerprint density at radius 1 is 0.625 bits per heavy atom. The van der Waals surface area contributed by atoms with Crippen molar-refractivity contribution >= 4 is 19.8 Å². The molecule has 0 heterocycles. The summed E-state index contributed by atoms with van der Waals surface area (Å²) in [4.78, 5) is 42.3. The number of esters is 2. The van der Waals surface area contributed by atoms with Crippen molar-refractivity contribution in [3.8, 4) is 0 Å². The summed E-state index contributed by atoms with van der Waals surface area (Å²) in [7, 11) is -4.74. The molecular formula is C31H57O8P. The van der Waals surface area contributed by atoms with Crippen LogP contribution in [0.25, 0.3) is 0 Å². The van der Waals surface area contributed by atoms with Crippen LogP contribution in [0.15, 0.2) is 24.3 Å². The molecule has 1 atom stereocenters. The summed E-state index contributed by atoms with van der Waals surface area (Å²) in [5.41, 5.74) is 0. The zero-order valence-corrected chi connectivity index (χ0v) is 26.1. The minimum Gasteiger partial charge on any atom is -0.462 e. The second kappa shape index (κ2) is 27.7. The maximum Gasteiger partial charge on any atom is 0.469 e. The van der Waals surface area contributed by atoms with Gasteiger partial charge in [-0.1, -0.05) is 102 Å². The number of ether oxygens (including phenoxy) is 2. The number of phosphoric acid groups is 1. The summed E-state index contributed by atoms with van der Waals surface area (Å²) in [6.45, 7) is 3.55. The van der Waals surface area contributed by atoms with Crippen LogP contribution in [-0.4, -0.2) is 41.0 Å². The molecule has 0 aromatic rings. The number of carbonyl (C=O) groups is 2. The third-order valence-corrected chi connectivity index (χ3v) is 6.93. The molecule has 0 bridgehead atoms. The number of unbranched alkanes of at least 4 members (excludes halogenated alkanes) is 14. The van der Waals surface area contributed by atoms with Gasteiger partial charge in [-0.15, -0.1) is 0 Å². The van der Waals surface area contributed by atoms with Crippen LogP contribution < -0.4 is 0 Å². The van der Waals surface area contributed by atoms with Gasteiger partial charge >= 0.3 is 19.8 Å². The van der Waals surface area contributed by atoms with Crippen LogP contribution in [0.3, 0.4) is 0 Å². The lowest BCUT2D eigenvalue weighted by Gasteiger charge is -2.18. The van der Waals surface area contributed by atoms with E-state index in [0.717, 1.165) is 77.0 Å². The van der Waals surface area contributed by atoms with Gasteiger partial charge in [0.2, 0.25) is 0 Å². The van der Waals surface area contributed by atoms with E-state index in [0.29, 0.717) is 12.8 Å². The van der Waals surface area contributed by atoms with Crippen LogP contribution in [0.4, 0.5) is 0 Å². The highest BCUT2D eigenvalue weighted by atomic mass is 31.2. The van der Waals surface area contributed by atoms with Crippen LogP contribution in [0.5, 0.6) is 0 Å². The van der Waals surface area contributed by atoms with Crippen molar-refractivity contribution < 1.29 is 37.9 Å². The predicted molar refractivity (Wildman–Crippen MR) is 161 cm³/mol. The average molecular weight is 589 g/mol. The Hall–Kier alpha value is -1.47. The predicted octanol–water partition coefficient (Wildman–Crippen LogP) is 8.50. The normalized spacial score (nSPS) is 12.8. The van der Waals surface area contributed by atoms with Gasteiger partial charge < -0.3 is 19.3 Å². The van der Waals surface area contributed by atoms with Gasteiger partial charge in [0.05, 0.1) is 6.61 Å². The number of hydrogen-bond acceptors (Lipinski definition) is 6. The zero-order chi connectivity index (χ0) is 29.7. The molecule has 0 aliphatic carbocycles. The SMILES string of the molecule is CCCC/C=C\CCCCCCCC(=O)OCC(COP(=O)(O)O)OC(=O)CCCCCCC/C=C\CCCC. The molecule has 234 valence electrons. The fraction of sp³-hybridized carbons (Fsp3) is 0.806. The highest BCUT2D eigenvalue weighted by Crippen LogP contribution is 2.35. The Balaban J connectivity index is 4.08. The van der Waals surface area contributed by atoms with Crippen LogP contribution in [0.1, 0.15) is 142 Å². The maximum atomic E-state index is 12.2. The Labute approximate surface area is 243 Å². The van der Waals surface area contributed by atoms with Crippen LogP contribution in [0.2, 0.25) is 0 Å². The summed E-state index contributed by atoms with van der Waals surface area (Å²) in [5.74, 6) is -0.911. The number of hydrogen-bond donors (Lipinski definition) is 2. The van der Waals surface area contributed by atoms with E-state index >= 15 is 0 Å². The van der Waals surface area contributed by atoms with Gasteiger partial charge in [0, 0.05) is 12.8 Å². The molecule has 0 saturated heterocycles. The summed E-state index contributed by atoms with van der Waals surface area (Å²) < 4.78 is 26.1. The van der Waals surface area contributed by atoms with E-state index in [-0.39, 0.29) is 19.4 Å². The third kappa shape index (κ3) is 29.5. The first-order valence-electron chi connectivity index (χ1n) is 15.6. The molecular weight excluding hydrogens is 531 g/mol. The van der Waals surface area contributed by atoms with E-state index in [2.05, 4.69) is 42.7 Å². The molecule has 0 aliphatic heterocycles. The Bertz CT molecular complexity index is 716. The molecule has 0 radical (unpaired) electrons. The molecule has 0 rings (SSSR count). The highest BCUT2D eigenvalue weighted by Gasteiger charge is 2.22. The quantitative estimate of drug-likeness (QED) is 0.0404. The lowest BCUT2D eigenvalue weighted by atomic mass is 10.1. The van der Waals surface area contributed by atoms with E-state index in [1.54, 1.807) is 0 Å². The lowest BCUT2D eigenvalue weighted by molar-refractivity contribution is -0.161. The molecule has 1 unspecified atom stereocenters. The molecule has 9 heteroatoms. The Kier molecular flexibility index (Phi) is 26.7. The average Bonchev–Trinajstić information content (AvgIpc) is 2.91. The first-order valence-corrected chi connectivity index (χ1v) is 17.2. The third-order valence-electron chi connectivity index (χ3n) is 6.44. The smallest absolute Gasteiger partial charge is 0.462 e. The van der Waals surface area contributed by atoms with Crippen molar-refractivity contribution in [1.29, 1.82) is 0 Å². The van der Waals surface area contributed by atoms with E-state index in [1.807, 2.05) is 0 Å². The largest absolute Gasteiger partial charge is 0.469 e. The molecule has 2 N–H and O–H groups in total. The molecule has 0 fully saturated rings. The minimum absolute atomic E-state index is 0.200. The van der Waals surface area contributed by atoms with Gasteiger partial charge in [-0.2, -0.15) is 0 Å². The Morgan fingerprint density at radius 3 is 1.52 bits per heavy atom. The lowest BCUT2D eigenvalue weighted by Crippen LogP contribution is -2.29. The van der Waals surface area contributed by atoms with Crippen LogP contribution in [-0.2, 0) is 28.2 Å². The first kappa shape index (κ1) is 38.5. The monoisotopic (exact) mass is 588 g/mol. The topological polar surface area (TPSA) is 119 Å². The molecule has 0 aromatic carbocycles. The fourth-order valence-electron chi connectivity index (χ4n) is 4.04. The van der Waals surface area contributed by atoms with Gasteiger partial charge in [0.15, 0.2) is 6.10 Å².